The lowest BCUT2D eigenvalue weighted by Gasteiger charge is -2.22. The van der Waals surface area contributed by atoms with E-state index in [9.17, 15) is 9.59 Å². The standard InChI is InChI=1S/C28H33N5O4/c1-18(34)3-4-19(2)37-26-15-24(29-16-20-11-13-36-14-12-20)27-30-17-25(33(27)32-26)21-5-7-22(8-6-21)28(35)31-23-9-10-23/h4-8,15,17,20,23,29H,3,9-14,16H2,1-2H3,(H,31,35). The summed E-state index contributed by atoms with van der Waals surface area (Å²) < 4.78 is 13.3. The number of carbonyl (C=O) groups is 2. The predicted octanol–water partition coefficient (Wildman–Crippen LogP) is 4.39. The van der Waals surface area contributed by atoms with Gasteiger partial charge < -0.3 is 20.1 Å². The molecule has 1 amide bonds. The number of amides is 1. The first-order valence-electron chi connectivity index (χ1n) is 12.9. The quantitative estimate of drug-likeness (QED) is 0.395. The molecule has 2 aliphatic rings. The Bertz CT molecular complexity index is 1300. The summed E-state index contributed by atoms with van der Waals surface area (Å²) >= 11 is 0. The first kappa shape index (κ1) is 25.0. The van der Waals surface area contributed by atoms with Gasteiger partial charge in [-0.05, 0) is 63.7 Å². The molecule has 194 valence electrons. The van der Waals surface area contributed by atoms with Gasteiger partial charge in [-0.1, -0.05) is 12.1 Å². The number of nitrogens with one attached hydrogen (secondary N) is 2. The molecule has 1 aromatic carbocycles. The number of hydrogen-bond acceptors (Lipinski definition) is 7. The highest BCUT2D eigenvalue weighted by molar-refractivity contribution is 5.95. The van der Waals surface area contributed by atoms with Gasteiger partial charge in [-0.15, -0.1) is 5.10 Å². The van der Waals surface area contributed by atoms with E-state index in [0.29, 0.717) is 41.2 Å². The van der Waals surface area contributed by atoms with E-state index < -0.39 is 0 Å². The summed E-state index contributed by atoms with van der Waals surface area (Å²) in [6.07, 6.45) is 7.98. The number of ketones is 1. The number of nitrogens with zero attached hydrogens (tertiary/aromatic N) is 3. The molecule has 2 N–H and O–H groups in total. The Morgan fingerprint density at radius 3 is 2.59 bits per heavy atom. The molecule has 5 rings (SSSR count). The maximum atomic E-state index is 12.4. The van der Waals surface area contributed by atoms with E-state index in [-0.39, 0.29) is 11.7 Å². The van der Waals surface area contributed by atoms with Gasteiger partial charge >= 0.3 is 0 Å². The van der Waals surface area contributed by atoms with Crippen LogP contribution in [0.1, 0.15) is 56.3 Å². The Hall–Kier alpha value is -3.72. The SMILES string of the molecule is CC(=O)CC=C(C)Oc1cc(NCC2CCOCC2)c2ncc(-c3ccc(C(=O)NC4CC4)cc3)n2n1. The number of carbonyl (C=O) groups excluding carboxylic acids is 2. The molecule has 3 aromatic rings. The average molecular weight is 504 g/mol. The third-order valence-electron chi connectivity index (χ3n) is 6.67. The van der Waals surface area contributed by atoms with Crippen molar-refractivity contribution in [3.05, 3.63) is 53.9 Å². The minimum absolute atomic E-state index is 0.0478. The molecule has 2 fully saturated rings. The lowest BCUT2D eigenvalue weighted by Crippen LogP contribution is -2.25. The van der Waals surface area contributed by atoms with E-state index in [2.05, 4.69) is 15.6 Å². The van der Waals surface area contributed by atoms with Crippen LogP contribution in [0, 0.1) is 5.92 Å². The molecule has 3 heterocycles. The molecular weight excluding hydrogens is 470 g/mol. The molecule has 9 heteroatoms. The van der Waals surface area contributed by atoms with Crippen LogP contribution in [0.4, 0.5) is 5.69 Å². The molecule has 0 radical (unpaired) electrons. The lowest BCUT2D eigenvalue weighted by atomic mass is 10.0. The topological polar surface area (TPSA) is 107 Å². The number of hydrogen-bond donors (Lipinski definition) is 2. The molecule has 0 spiro atoms. The zero-order chi connectivity index (χ0) is 25.8. The predicted molar refractivity (Wildman–Crippen MR) is 141 cm³/mol. The average Bonchev–Trinajstić information content (AvgIpc) is 3.62. The monoisotopic (exact) mass is 503 g/mol. The van der Waals surface area contributed by atoms with Crippen LogP contribution in [0.5, 0.6) is 5.88 Å². The Balaban J connectivity index is 1.44. The van der Waals surface area contributed by atoms with Gasteiger partial charge in [0.15, 0.2) is 5.65 Å². The second kappa shape index (κ2) is 11.1. The molecule has 0 unspecified atom stereocenters. The van der Waals surface area contributed by atoms with Gasteiger partial charge in [-0.2, -0.15) is 0 Å². The van der Waals surface area contributed by atoms with Crippen molar-refractivity contribution >= 4 is 23.0 Å². The number of fused-ring (bicyclic) bond motifs is 1. The molecule has 9 nitrogen and oxygen atoms in total. The van der Waals surface area contributed by atoms with Gasteiger partial charge in [0.2, 0.25) is 5.88 Å². The highest BCUT2D eigenvalue weighted by Gasteiger charge is 2.24. The third kappa shape index (κ3) is 6.35. The Morgan fingerprint density at radius 2 is 1.89 bits per heavy atom. The van der Waals surface area contributed by atoms with Crippen molar-refractivity contribution < 1.29 is 19.1 Å². The largest absolute Gasteiger partial charge is 0.443 e. The summed E-state index contributed by atoms with van der Waals surface area (Å²) in [5.41, 5.74) is 3.82. The first-order valence-corrected chi connectivity index (χ1v) is 12.9. The zero-order valence-electron chi connectivity index (χ0n) is 21.3. The van der Waals surface area contributed by atoms with E-state index in [0.717, 1.165) is 62.4 Å². The fraction of sp³-hybridized carbons (Fsp3) is 0.429. The summed E-state index contributed by atoms with van der Waals surface area (Å²) in [4.78, 5) is 28.4. The maximum Gasteiger partial charge on any atom is 0.251 e. The number of aromatic nitrogens is 3. The van der Waals surface area contributed by atoms with Crippen LogP contribution in [-0.4, -0.2) is 52.1 Å². The molecule has 2 aromatic heterocycles. The number of benzene rings is 1. The van der Waals surface area contributed by atoms with Crippen LogP contribution in [0.2, 0.25) is 0 Å². The Kier molecular flexibility index (Phi) is 7.50. The van der Waals surface area contributed by atoms with Crippen LogP contribution in [0.25, 0.3) is 16.9 Å². The summed E-state index contributed by atoms with van der Waals surface area (Å²) in [6, 6.07) is 9.63. The number of imidazole rings is 1. The Morgan fingerprint density at radius 1 is 1.14 bits per heavy atom. The van der Waals surface area contributed by atoms with E-state index >= 15 is 0 Å². The van der Waals surface area contributed by atoms with Crippen molar-refractivity contribution in [1.82, 2.24) is 19.9 Å². The fourth-order valence-electron chi connectivity index (χ4n) is 4.31. The van der Waals surface area contributed by atoms with Gasteiger partial charge in [0.05, 0.1) is 23.3 Å². The van der Waals surface area contributed by atoms with Crippen LogP contribution in [-0.2, 0) is 9.53 Å². The molecule has 1 saturated heterocycles. The van der Waals surface area contributed by atoms with Crippen molar-refractivity contribution in [3.63, 3.8) is 0 Å². The number of Topliss-reactive ketones (excluding diaryl/α,β-unsaturated/α-hetero) is 1. The van der Waals surface area contributed by atoms with E-state index in [4.69, 9.17) is 14.6 Å². The van der Waals surface area contributed by atoms with Gasteiger partial charge in [0.1, 0.15) is 5.78 Å². The molecule has 1 aliphatic carbocycles. The number of anilines is 1. The normalized spacial score (nSPS) is 16.5. The van der Waals surface area contributed by atoms with Crippen molar-refractivity contribution in [2.75, 3.05) is 25.1 Å². The van der Waals surface area contributed by atoms with E-state index in [1.165, 1.54) is 0 Å². The number of rotatable bonds is 10. The van der Waals surface area contributed by atoms with Gasteiger partial charge in [0.25, 0.3) is 5.91 Å². The summed E-state index contributed by atoms with van der Waals surface area (Å²) in [7, 11) is 0. The summed E-state index contributed by atoms with van der Waals surface area (Å²) in [5.74, 6) is 1.54. The molecule has 1 aliphatic heterocycles. The third-order valence-corrected chi connectivity index (χ3v) is 6.67. The van der Waals surface area contributed by atoms with Crippen LogP contribution >= 0.6 is 0 Å². The second-order valence-corrected chi connectivity index (χ2v) is 9.86. The summed E-state index contributed by atoms with van der Waals surface area (Å²) in [5, 5.41) is 11.3. The van der Waals surface area contributed by atoms with Gasteiger partial charge in [0, 0.05) is 49.4 Å². The number of ether oxygens (including phenoxy) is 2. The maximum absolute atomic E-state index is 12.4. The van der Waals surface area contributed by atoms with Crippen molar-refractivity contribution in [2.45, 2.75) is 52.0 Å². The van der Waals surface area contributed by atoms with Crippen molar-refractivity contribution in [3.8, 4) is 17.1 Å². The lowest BCUT2D eigenvalue weighted by molar-refractivity contribution is -0.116. The second-order valence-electron chi connectivity index (χ2n) is 9.86. The smallest absolute Gasteiger partial charge is 0.251 e. The minimum Gasteiger partial charge on any atom is -0.443 e. The number of allylic oxidation sites excluding steroid dienone is 2. The fourth-order valence-corrected chi connectivity index (χ4v) is 4.31. The first-order chi connectivity index (χ1) is 18.0. The summed E-state index contributed by atoms with van der Waals surface area (Å²) in [6.45, 7) is 5.73. The molecule has 0 atom stereocenters. The van der Waals surface area contributed by atoms with Gasteiger partial charge in [-0.25, -0.2) is 9.50 Å². The molecule has 37 heavy (non-hydrogen) atoms. The van der Waals surface area contributed by atoms with Crippen LogP contribution in [0.3, 0.4) is 0 Å². The van der Waals surface area contributed by atoms with Crippen molar-refractivity contribution in [2.24, 2.45) is 5.92 Å². The van der Waals surface area contributed by atoms with Crippen LogP contribution < -0.4 is 15.4 Å². The highest BCUT2D eigenvalue weighted by atomic mass is 16.5. The Labute approximate surface area is 216 Å². The van der Waals surface area contributed by atoms with Crippen LogP contribution in [0.15, 0.2) is 48.4 Å². The van der Waals surface area contributed by atoms with Gasteiger partial charge in [-0.3, -0.25) is 9.59 Å². The van der Waals surface area contributed by atoms with E-state index in [1.807, 2.05) is 37.3 Å². The highest BCUT2D eigenvalue weighted by Crippen LogP contribution is 2.29. The van der Waals surface area contributed by atoms with E-state index in [1.54, 1.807) is 23.7 Å². The van der Waals surface area contributed by atoms with Crippen molar-refractivity contribution in [1.29, 1.82) is 0 Å². The minimum atomic E-state index is -0.0478. The molecule has 1 saturated carbocycles. The molecular formula is C28H33N5O4. The zero-order valence-corrected chi connectivity index (χ0v) is 21.3. The molecule has 0 bridgehead atoms.